The van der Waals surface area contributed by atoms with E-state index in [1.807, 2.05) is 30.3 Å². The number of hydrogen-bond donors (Lipinski definition) is 0. The summed E-state index contributed by atoms with van der Waals surface area (Å²) < 4.78 is 19.6. The number of nitrogens with zero attached hydrogens (tertiary/aromatic N) is 2. The Bertz CT molecular complexity index is 908. The summed E-state index contributed by atoms with van der Waals surface area (Å²) in [5.41, 5.74) is 1.55. The van der Waals surface area contributed by atoms with Gasteiger partial charge in [-0.3, -0.25) is 9.78 Å². The first-order valence-electron chi connectivity index (χ1n) is 8.24. The van der Waals surface area contributed by atoms with Crippen LogP contribution in [0.15, 0.2) is 60.8 Å². The molecule has 2 aromatic carbocycles. The van der Waals surface area contributed by atoms with Crippen molar-refractivity contribution in [3.05, 3.63) is 72.2 Å². The molecule has 25 heavy (non-hydrogen) atoms. The molecular formula is C20H17FN2O2. The highest BCUT2D eigenvalue weighted by molar-refractivity contribution is 6.13. The van der Waals surface area contributed by atoms with Crippen molar-refractivity contribution in [2.24, 2.45) is 0 Å². The van der Waals surface area contributed by atoms with Crippen molar-refractivity contribution in [2.75, 3.05) is 18.1 Å². The maximum atomic E-state index is 14.1. The number of rotatable bonds is 3. The third-order valence-corrected chi connectivity index (χ3v) is 4.42. The van der Waals surface area contributed by atoms with E-state index in [1.165, 1.54) is 12.1 Å². The number of hydrogen-bond acceptors (Lipinski definition) is 3. The lowest BCUT2D eigenvalue weighted by Gasteiger charge is -2.28. The van der Waals surface area contributed by atoms with E-state index in [9.17, 15) is 9.18 Å². The molecule has 2 heterocycles. The fraction of sp³-hybridized carbons (Fsp3) is 0.200. The average molecular weight is 336 g/mol. The highest BCUT2D eigenvalue weighted by Gasteiger charge is 2.30. The van der Waals surface area contributed by atoms with Crippen molar-refractivity contribution in [3.63, 3.8) is 0 Å². The van der Waals surface area contributed by atoms with Crippen LogP contribution in [0.5, 0.6) is 0 Å². The van der Waals surface area contributed by atoms with Gasteiger partial charge in [0, 0.05) is 23.9 Å². The molecule has 1 saturated heterocycles. The molecule has 4 rings (SSSR count). The van der Waals surface area contributed by atoms with Crippen LogP contribution in [0.3, 0.4) is 0 Å². The average Bonchev–Trinajstić information content (AvgIpc) is 3.16. The molecule has 4 nitrogen and oxygen atoms in total. The Morgan fingerprint density at radius 3 is 2.76 bits per heavy atom. The molecule has 3 aromatic rings. The van der Waals surface area contributed by atoms with Gasteiger partial charge in [-0.2, -0.15) is 0 Å². The number of benzene rings is 2. The third kappa shape index (κ3) is 2.98. The van der Waals surface area contributed by atoms with Gasteiger partial charge in [-0.25, -0.2) is 4.39 Å². The van der Waals surface area contributed by atoms with Gasteiger partial charge >= 0.3 is 0 Å². The number of aromatic nitrogens is 1. The zero-order chi connectivity index (χ0) is 17.2. The third-order valence-electron chi connectivity index (χ3n) is 4.42. The summed E-state index contributed by atoms with van der Waals surface area (Å²) in [5, 5.41) is 0.613. The summed E-state index contributed by atoms with van der Waals surface area (Å²) in [7, 11) is 0. The predicted molar refractivity (Wildman–Crippen MR) is 94.2 cm³/mol. The molecule has 1 aliphatic heterocycles. The van der Waals surface area contributed by atoms with Crippen LogP contribution in [0.4, 0.5) is 10.1 Å². The Morgan fingerprint density at radius 2 is 2.00 bits per heavy atom. The number of pyridine rings is 1. The summed E-state index contributed by atoms with van der Waals surface area (Å²) in [6.07, 6.45) is 2.36. The van der Waals surface area contributed by atoms with Crippen molar-refractivity contribution < 1.29 is 13.9 Å². The van der Waals surface area contributed by atoms with Crippen LogP contribution in [-0.4, -0.2) is 30.1 Å². The maximum Gasteiger partial charge on any atom is 0.260 e. The zero-order valence-corrected chi connectivity index (χ0v) is 13.6. The molecule has 0 radical (unpaired) electrons. The summed E-state index contributed by atoms with van der Waals surface area (Å²) in [6.45, 7) is 1.09. The van der Waals surface area contributed by atoms with Crippen LogP contribution in [0, 0.1) is 5.82 Å². The van der Waals surface area contributed by atoms with E-state index in [0.717, 1.165) is 12.1 Å². The number of halogens is 1. The number of anilines is 1. The lowest BCUT2D eigenvalue weighted by molar-refractivity contribution is 0.0972. The molecule has 0 spiro atoms. The van der Waals surface area contributed by atoms with Gasteiger partial charge in [0.15, 0.2) is 0 Å². The van der Waals surface area contributed by atoms with Crippen molar-refractivity contribution in [1.82, 2.24) is 4.98 Å². The smallest absolute Gasteiger partial charge is 0.260 e. The van der Waals surface area contributed by atoms with Crippen LogP contribution in [0.1, 0.15) is 16.8 Å². The molecule has 5 heteroatoms. The lowest BCUT2D eigenvalue weighted by atomic mass is 10.1. The Balaban J connectivity index is 1.84. The Kier molecular flexibility index (Phi) is 4.15. The van der Waals surface area contributed by atoms with Gasteiger partial charge in [-0.1, -0.05) is 24.3 Å². The van der Waals surface area contributed by atoms with Gasteiger partial charge in [-0.05, 0) is 36.8 Å². The lowest BCUT2D eigenvalue weighted by Crippen LogP contribution is -2.41. The van der Waals surface area contributed by atoms with Crippen LogP contribution < -0.4 is 4.90 Å². The molecule has 0 N–H and O–H groups in total. The summed E-state index contributed by atoms with van der Waals surface area (Å²) in [5.74, 6) is -0.704. The maximum absolute atomic E-state index is 14.1. The number of carbonyl (C=O) groups excluding carboxylic acids is 1. The van der Waals surface area contributed by atoms with Crippen LogP contribution in [-0.2, 0) is 4.74 Å². The van der Waals surface area contributed by atoms with Crippen LogP contribution >= 0.6 is 0 Å². The minimum atomic E-state index is -0.445. The van der Waals surface area contributed by atoms with E-state index in [1.54, 1.807) is 23.2 Å². The Labute approximate surface area is 144 Å². The van der Waals surface area contributed by atoms with Gasteiger partial charge in [0.25, 0.3) is 5.91 Å². The fourth-order valence-corrected chi connectivity index (χ4v) is 3.26. The SMILES string of the molecule is O=C(c1cc(F)cc2cccnc12)N(c1ccccc1)[C@@H]1CCOC1. The molecule has 1 aromatic heterocycles. The number of ether oxygens (including phenoxy) is 1. The van der Waals surface area contributed by atoms with E-state index in [2.05, 4.69) is 4.98 Å². The molecule has 1 amide bonds. The number of amides is 1. The first kappa shape index (κ1) is 15.7. The quantitative estimate of drug-likeness (QED) is 0.730. The monoisotopic (exact) mass is 336 g/mol. The highest BCUT2D eigenvalue weighted by atomic mass is 19.1. The van der Waals surface area contributed by atoms with Crippen molar-refractivity contribution in [3.8, 4) is 0 Å². The first-order valence-corrected chi connectivity index (χ1v) is 8.24. The topological polar surface area (TPSA) is 42.4 Å². The highest BCUT2D eigenvalue weighted by Crippen LogP contribution is 2.27. The van der Waals surface area contributed by atoms with E-state index in [0.29, 0.717) is 24.1 Å². The molecule has 1 atom stereocenters. The molecular weight excluding hydrogens is 319 g/mol. The standard InChI is InChI=1S/C20H17FN2O2/c21-15-11-14-5-4-9-22-19(14)18(12-15)20(24)23(17-8-10-25-13-17)16-6-2-1-3-7-16/h1-7,9,11-12,17H,8,10,13H2/t17-/m1/s1. The fourth-order valence-electron chi connectivity index (χ4n) is 3.26. The summed E-state index contributed by atoms with van der Waals surface area (Å²) in [6, 6.07) is 15.5. The second-order valence-corrected chi connectivity index (χ2v) is 6.06. The van der Waals surface area contributed by atoms with E-state index in [4.69, 9.17) is 4.74 Å². The molecule has 0 saturated carbocycles. The Hall–Kier alpha value is -2.79. The number of carbonyl (C=O) groups is 1. The molecule has 0 unspecified atom stereocenters. The van der Waals surface area contributed by atoms with Crippen molar-refractivity contribution >= 4 is 22.5 Å². The van der Waals surface area contributed by atoms with Gasteiger partial charge in [0.2, 0.25) is 0 Å². The molecule has 126 valence electrons. The molecule has 1 aliphatic rings. The second-order valence-electron chi connectivity index (χ2n) is 6.06. The van der Waals surface area contributed by atoms with Crippen molar-refractivity contribution in [1.29, 1.82) is 0 Å². The zero-order valence-electron chi connectivity index (χ0n) is 13.6. The number of para-hydroxylation sites is 1. The largest absolute Gasteiger partial charge is 0.379 e. The van der Waals surface area contributed by atoms with Crippen LogP contribution in [0.2, 0.25) is 0 Å². The minimum Gasteiger partial charge on any atom is -0.379 e. The van der Waals surface area contributed by atoms with E-state index < -0.39 is 5.82 Å². The first-order chi connectivity index (χ1) is 12.2. The number of fused-ring (bicyclic) bond motifs is 1. The molecule has 0 aliphatic carbocycles. The molecule has 0 bridgehead atoms. The van der Waals surface area contributed by atoms with Gasteiger partial charge in [0.1, 0.15) is 5.82 Å². The minimum absolute atomic E-state index is 0.0723. The summed E-state index contributed by atoms with van der Waals surface area (Å²) in [4.78, 5) is 19.4. The van der Waals surface area contributed by atoms with Gasteiger partial charge in [0.05, 0.1) is 23.7 Å². The molecule has 1 fully saturated rings. The van der Waals surface area contributed by atoms with E-state index >= 15 is 0 Å². The van der Waals surface area contributed by atoms with Gasteiger partial charge in [-0.15, -0.1) is 0 Å². The van der Waals surface area contributed by atoms with Crippen LogP contribution in [0.25, 0.3) is 10.9 Å². The predicted octanol–water partition coefficient (Wildman–Crippen LogP) is 3.81. The van der Waals surface area contributed by atoms with Crippen molar-refractivity contribution in [2.45, 2.75) is 12.5 Å². The normalized spacial score (nSPS) is 16.9. The van der Waals surface area contributed by atoms with Gasteiger partial charge < -0.3 is 9.64 Å². The van der Waals surface area contributed by atoms with E-state index in [-0.39, 0.29) is 17.5 Å². The second kappa shape index (κ2) is 6.61. The summed E-state index contributed by atoms with van der Waals surface area (Å²) >= 11 is 0. The Morgan fingerprint density at radius 1 is 1.16 bits per heavy atom.